The Morgan fingerprint density at radius 3 is 3.00 bits per heavy atom. The summed E-state index contributed by atoms with van der Waals surface area (Å²) in [6.45, 7) is 0. The van der Waals surface area contributed by atoms with E-state index in [4.69, 9.17) is 5.84 Å². The molecule has 2 rings (SSSR count). The highest BCUT2D eigenvalue weighted by Crippen LogP contribution is 2.29. The maximum Gasteiger partial charge on any atom is 0.152 e. The third-order valence-corrected chi connectivity index (χ3v) is 3.83. The van der Waals surface area contributed by atoms with Gasteiger partial charge >= 0.3 is 0 Å². The largest absolute Gasteiger partial charge is 0.308 e. The van der Waals surface area contributed by atoms with Gasteiger partial charge in [-0.15, -0.1) is 22.7 Å². The van der Waals surface area contributed by atoms with E-state index in [0.29, 0.717) is 0 Å². The summed E-state index contributed by atoms with van der Waals surface area (Å²) in [7, 11) is 1.73. The van der Waals surface area contributed by atoms with Crippen LogP contribution >= 0.6 is 22.7 Å². The Balaban J connectivity index is 2.50. The summed E-state index contributed by atoms with van der Waals surface area (Å²) >= 11 is 3.43. The third-order valence-electron chi connectivity index (χ3n) is 1.73. The molecule has 0 radical (unpaired) electrons. The van der Waals surface area contributed by atoms with Crippen LogP contribution in [0.1, 0.15) is 4.88 Å². The van der Waals surface area contributed by atoms with Gasteiger partial charge in [0.1, 0.15) is 0 Å². The summed E-state index contributed by atoms with van der Waals surface area (Å²) in [5, 5.41) is 2.09. The van der Waals surface area contributed by atoms with Crippen molar-refractivity contribution < 1.29 is 0 Å². The summed E-state index contributed by atoms with van der Waals surface area (Å²) in [5.41, 5.74) is 2.58. The maximum absolute atomic E-state index is 5.34. The smallest absolute Gasteiger partial charge is 0.152 e. The van der Waals surface area contributed by atoms with E-state index in [9.17, 15) is 0 Å². The molecule has 0 bridgehead atoms. The molecule has 0 aliphatic carbocycles. The number of hydrogen-bond acceptors (Lipinski definition) is 4. The van der Waals surface area contributed by atoms with Crippen LogP contribution in [0.2, 0.25) is 0 Å². The van der Waals surface area contributed by atoms with Gasteiger partial charge in [0.2, 0.25) is 0 Å². The van der Waals surface area contributed by atoms with Crippen molar-refractivity contribution in [3.63, 3.8) is 0 Å². The van der Waals surface area contributed by atoms with Crippen molar-refractivity contribution in [2.24, 2.45) is 10.8 Å². The molecule has 0 aromatic carbocycles. The van der Waals surface area contributed by atoms with Crippen LogP contribution in [0.15, 0.2) is 22.5 Å². The van der Waals surface area contributed by atoms with Crippen molar-refractivity contribution in [3.05, 3.63) is 22.4 Å². The molecule has 0 spiro atoms. The van der Waals surface area contributed by atoms with E-state index in [1.807, 2.05) is 0 Å². The first-order valence-electron chi connectivity index (χ1n) is 3.76. The molecule has 0 saturated heterocycles. The normalized spacial score (nSPS) is 12.3. The number of aliphatic imine (C=N–C) groups is 1. The lowest BCUT2D eigenvalue weighted by atomic mass is 10.4. The minimum absolute atomic E-state index is 0.744. The number of amidine groups is 1. The van der Waals surface area contributed by atoms with Gasteiger partial charge in [-0.05, 0) is 17.5 Å². The predicted octanol–water partition coefficient (Wildman–Crippen LogP) is 1.80. The van der Waals surface area contributed by atoms with E-state index in [-0.39, 0.29) is 0 Å². The van der Waals surface area contributed by atoms with E-state index < -0.39 is 0 Å². The highest BCUT2D eigenvalue weighted by atomic mass is 32.1. The van der Waals surface area contributed by atoms with Gasteiger partial charge in [-0.3, -0.25) is 4.99 Å². The molecule has 2 aromatic rings. The van der Waals surface area contributed by atoms with Gasteiger partial charge in [0.15, 0.2) is 5.84 Å². The molecule has 0 aliphatic rings. The highest BCUT2D eigenvalue weighted by molar-refractivity contribution is 7.27. The predicted molar refractivity (Wildman–Crippen MR) is 59.5 cm³/mol. The molecule has 3 nitrogen and oxygen atoms in total. The van der Waals surface area contributed by atoms with Crippen molar-refractivity contribution in [1.29, 1.82) is 0 Å². The summed E-state index contributed by atoms with van der Waals surface area (Å²) in [6, 6.07) is 4.21. The zero-order valence-corrected chi connectivity index (χ0v) is 8.71. The number of hydrazine groups is 1. The van der Waals surface area contributed by atoms with Crippen LogP contribution in [0, 0.1) is 0 Å². The molecule has 0 aliphatic heterocycles. The molecule has 68 valence electrons. The van der Waals surface area contributed by atoms with Gasteiger partial charge < -0.3 is 5.43 Å². The minimum atomic E-state index is 0.744. The van der Waals surface area contributed by atoms with Crippen molar-refractivity contribution in [1.82, 2.24) is 5.43 Å². The second-order valence-electron chi connectivity index (χ2n) is 2.48. The van der Waals surface area contributed by atoms with Crippen molar-refractivity contribution in [2.75, 3.05) is 7.05 Å². The van der Waals surface area contributed by atoms with Crippen molar-refractivity contribution in [3.8, 4) is 0 Å². The van der Waals surface area contributed by atoms with Gasteiger partial charge in [-0.25, -0.2) is 5.84 Å². The fourth-order valence-corrected chi connectivity index (χ4v) is 3.24. The Hall–Kier alpha value is -0.910. The van der Waals surface area contributed by atoms with Gasteiger partial charge in [0, 0.05) is 16.4 Å². The van der Waals surface area contributed by atoms with Crippen molar-refractivity contribution >= 4 is 37.9 Å². The van der Waals surface area contributed by atoms with Crippen LogP contribution in [0.25, 0.3) is 9.40 Å². The van der Waals surface area contributed by atoms with Crippen LogP contribution in [-0.2, 0) is 0 Å². The van der Waals surface area contributed by atoms with Crippen LogP contribution in [0.3, 0.4) is 0 Å². The molecule has 0 fully saturated rings. The number of nitrogens with zero attached hydrogens (tertiary/aromatic N) is 1. The number of thiophene rings is 2. The number of fused-ring (bicyclic) bond motifs is 1. The Morgan fingerprint density at radius 1 is 1.54 bits per heavy atom. The van der Waals surface area contributed by atoms with Gasteiger partial charge in [-0.1, -0.05) is 0 Å². The second-order valence-corrected chi connectivity index (χ2v) is 4.51. The van der Waals surface area contributed by atoms with E-state index in [0.717, 1.165) is 10.7 Å². The molecular weight excluding hydrogens is 202 g/mol. The molecule has 0 saturated carbocycles. The Bertz CT molecular complexity index is 412. The number of hydrogen-bond donors (Lipinski definition) is 2. The Kier molecular flexibility index (Phi) is 2.30. The number of nitrogens with two attached hydrogens (primary N) is 1. The molecule has 2 heterocycles. The minimum Gasteiger partial charge on any atom is -0.308 e. The summed E-state index contributed by atoms with van der Waals surface area (Å²) in [5.74, 6) is 6.08. The van der Waals surface area contributed by atoms with Gasteiger partial charge in [0.25, 0.3) is 0 Å². The Morgan fingerprint density at radius 2 is 2.38 bits per heavy atom. The SMILES string of the molecule is CN=C(NN)c1cc2sccc2s1. The average molecular weight is 211 g/mol. The summed E-state index contributed by atoms with van der Waals surface area (Å²) < 4.78 is 2.58. The summed E-state index contributed by atoms with van der Waals surface area (Å²) in [6.07, 6.45) is 0. The first-order chi connectivity index (χ1) is 6.35. The van der Waals surface area contributed by atoms with Crippen LogP contribution < -0.4 is 11.3 Å². The van der Waals surface area contributed by atoms with E-state index in [1.165, 1.54) is 9.40 Å². The second kappa shape index (κ2) is 3.45. The zero-order valence-electron chi connectivity index (χ0n) is 7.07. The van der Waals surface area contributed by atoms with Gasteiger partial charge in [0.05, 0.1) is 4.88 Å². The molecule has 2 aromatic heterocycles. The lowest BCUT2D eigenvalue weighted by Gasteiger charge is -1.98. The first kappa shape index (κ1) is 8.68. The third kappa shape index (κ3) is 1.46. The van der Waals surface area contributed by atoms with E-state index >= 15 is 0 Å². The number of nitrogens with one attached hydrogen (secondary N) is 1. The fourth-order valence-electron chi connectivity index (χ4n) is 1.13. The van der Waals surface area contributed by atoms with Gasteiger partial charge in [-0.2, -0.15) is 0 Å². The molecule has 13 heavy (non-hydrogen) atoms. The lowest BCUT2D eigenvalue weighted by Crippen LogP contribution is -2.30. The maximum atomic E-state index is 5.34. The molecule has 0 amide bonds. The van der Waals surface area contributed by atoms with Crippen LogP contribution in [-0.4, -0.2) is 12.9 Å². The Labute approximate surface area is 83.9 Å². The molecule has 5 heteroatoms. The number of rotatable bonds is 1. The molecular formula is C8H9N3S2. The molecule has 3 N–H and O–H groups in total. The lowest BCUT2D eigenvalue weighted by molar-refractivity contribution is 1.02. The van der Waals surface area contributed by atoms with Crippen LogP contribution in [0.5, 0.6) is 0 Å². The highest BCUT2D eigenvalue weighted by Gasteiger charge is 2.06. The average Bonchev–Trinajstić information content (AvgIpc) is 2.65. The molecule has 0 atom stereocenters. The fraction of sp³-hybridized carbons (Fsp3) is 0.125. The topological polar surface area (TPSA) is 50.4 Å². The standard InChI is InChI=1S/C8H9N3S2/c1-10-8(11-9)7-4-6-5(13-7)2-3-12-6/h2-4H,9H2,1H3,(H,10,11). The van der Waals surface area contributed by atoms with E-state index in [1.54, 1.807) is 29.7 Å². The molecule has 0 unspecified atom stereocenters. The first-order valence-corrected chi connectivity index (χ1v) is 5.45. The quantitative estimate of drug-likeness (QED) is 0.327. The zero-order chi connectivity index (χ0) is 9.26. The van der Waals surface area contributed by atoms with E-state index in [2.05, 4.69) is 27.9 Å². The monoisotopic (exact) mass is 211 g/mol. The summed E-state index contributed by atoms with van der Waals surface area (Å²) in [4.78, 5) is 5.14. The van der Waals surface area contributed by atoms with Crippen LogP contribution in [0.4, 0.5) is 0 Å². The van der Waals surface area contributed by atoms with Crippen molar-refractivity contribution in [2.45, 2.75) is 0 Å².